The van der Waals surface area contributed by atoms with Crippen molar-refractivity contribution in [2.75, 3.05) is 13.1 Å². The van der Waals surface area contributed by atoms with E-state index in [1.165, 1.54) is 25.3 Å². The second-order valence-electron chi connectivity index (χ2n) is 9.42. The number of sulfonamides is 1. The molecule has 1 aromatic carbocycles. The molecule has 3 atom stereocenters. The smallest absolute Gasteiger partial charge is 0.243 e. The highest BCUT2D eigenvalue weighted by molar-refractivity contribution is 7.89. The van der Waals surface area contributed by atoms with Gasteiger partial charge in [0, 0.05) is 25.8 Å². The maximum absolute atomic E-state index is 13.7. The first-order valence-electron chi connectivity index (χ1n) is 11.9. The molecule has 2 heterocycles. The Morgan fingerprint density at radius 3 is 2.71 bits per heavy atom. The Balaban J connectivity index is 1.57. The lowest BCUT2D eigenvalue weighted by Crippen LogP contribution is -2.53. The molecule has 0 radical (unpaired) electrons. The van der Waals surface area contributed by atoms with Crippen LogP contribution in [0, 0.1) is 30.1 Å². The molecule has 7 nitrogen and oxygen atoms in total. The Hall–Kier alpha value is -2.34. The topological polar surface area (TPSA) is 95.2 Å². The molecule has 2 aliphatic rings. The number of benzene rings is 1. The molecule has 1 unspecified atom stereocenters. The number of carbonyl (C=O) groups excluding carboxylic acids is 1. The van der Waals surface area contributed by atoms with Crippen LogP contribution in [-0.4, -0.2) is 42.9 Å². The summed E-state index contributed by atoms with van der Waals surface area (Å²) in [4.78, 5) is 15.5. The number of piperidine rings is 1. The summed E-state index contributed by atoms with van der Waals surface area (Å²) < 4.78 is 31.1. The van der Waals surface area contributed by atoms with Gasteiger partial charge in [0.25, 0.3) is 0 Å². The predicted molar refractivity (Wildman–Crippen MR) is 131 cm³/mol. The standard InChI is InChI=1S/C25H31ClN4O3S/c1-18-6-4-10-22(26)24(18)34(32,33)28-23(12-15-29-13-5-9-21(29)16-27)25(31)30-14-11-19-7-2-3-8-20(19)17-30/h4-6,9-10,13,19-20,23,28H,2-3,7-8,11-12,14-15,17H2,1H3/t19-,20-,23?/m1/s1. The van der Waals surface area contributed by atoms with E-state index in [2.05, 4.69) is 10.8 Å². The number of nitrogens with zero attached hydrogens (tertiary/aromatic N) is 3. The van der Waals surface area contributed by atoms with E-state index in [0.29, 0.717) is 42.7 Å². The molecule has 1 amide bonds. The van der Waals surface area contributed by atoms with Gasteiger partial charge in [-0.1, -0.05) is 43.0 Å². The largest absolute Gasteiger partial charge is 0.341 e. The van der Waals surface area contributed by atoms with Crippen molar-refractivity contribution < 1.29 is 13.2 Å². The Labute approximate surface area is 206 Å². The molecular formula is C25H31ClN4O3S. The molecular weight excluding hydrogens is 472 g/mol. The van der Waals surface area contributed by atoms with Crippen molar-refractivity contribution >= 4 is 27.5 Å². The maximum Gasteiger partial charge on any atom is 0.243 e. The van der Waals surface area contributed by atoms with Crippen molar-refractivity contribution in [2.45, 2.75) is 62.9 Å². The van der Waals surface area contributed by atoms with Gasteiger partial charge in [0.1, 0.15) is 22.7 Å². The molecule has 1 aliphatic heterocycles. The zero-order valence-electron chi connectivity index (χ0n) is 19.4. The highest BCUT2D eigenvalue weighted by atomic mass is 35.5. The minimum atomic E-state index is -4.04. The summed E-state index contributed by atoms with van der Waals surface area (Å²) in [5.41, 5.74) is 0.991. The maximum atomic E-state index is 13.7. The quantitative estimate of drug-likeness (QED) is 0.616. The van der Waals surface area contributed by atoms with Gasteiger partial charge >= 0.3 is 0 Å². The van der Waals surface area contributed by atoms with E-state index in [-0.39, 0.29) is 22.2 Å². The van der Waals surface area contributed by atoms with Crippen LogP contribution < -0.4 is 4.72 Å². The fraction of sp³-hybridized carbons (Fsp3) is 0.520. The summed E-state index contributed by atoms with van der Waals surface area (Å²) in [6.45, 7) is 3.36. The van der Waals surface area contributed by atoms with Gasteiger partial charge in [-0.15, -0.1) is 0 Å². The van der Waals surface area contributed by atoms with E-state index in [4.69, 9.17) is 11.6 Å². The van der Waals surface area contributed by atoms with Crippen LogP contribution in [0.25, 0.3) is 0 Å². The summed E-state index contributed by atoms with van der Waals surface area (Å²) in [6, 6.07) is 9.55. The Morgan fingerprint density at radius 2 is 1.97 bits per heavy atom. The van der Waals surface area contributed by atoms with Crippen molar-refractivity contribution in [1.82, 2.24) is 14.2 Å². The molecule has 1 aromatic heterocycles. The zero-order chi connectivity index (χ0) is 24.3. The Morgan fingerprint density at radius 1 is 1.21 bits per heavy atom. The number of rotatable bonds is 7. The van der Waals surface area contributed by atoms with E-state index >= 15 is 0 Å². The van der Waals surface area contributed by atoms with Crippen LogP contribution in [0.5, 0.6) is 0 Å². The third kappa shape index (κ3) is 5.32. The molecule has 2 aromatic rings. The summed E-state index contributed by atoms with van der Waals surface area (Å²) in [5.74, 6) is 0.948. The molecule has 4 rings (SSSR count). The van der Waals surface area contributed by atoms with Crippen molar-refractivity contribution in [3.05, 3.63) is 52.8 Å². The molecule has 0 bridgehead atoms. The Kier molecular flexibility index (Phi) is 7.66. The lowest BCUT2D eigenvalue weighted by molar-refractivity contribution is -0.136. The monoisotopic (exact) mass is 502 g/mol. The second-order valence-corrected chi connectivity index (χ2v) is 11.5. The summed E-state index contributed by atoms with van der Waals surface area (Å²) in [5, 5.41) is 9.44. The molecule has 0 spiro atoms. The SMILES string of the molecule is Cc1cccc(Cl)c1S(=O)(=O)NC(CCn1cccc1C#N)C(=O)N1CC[C@H]2CCCC[C@@H]2C1. The number of halogens is 1. The van der Waals surface area contributed by atoms with Crippen LogP contribution in [0.1, 0.15) is 49.8 Å². The van der Waals surface area contributed by atoms with Gasteiger partial charge < -0.3 is 9.47 Å². The molecule has 1 N–H and O–H groups in total. The van der Waals surface area contributed by atoms with Gasteiger partial charge in [-0.2, -0.15) is 9.98 Å². The first kappa shape index (κ1) is 24.8. The summed E-state index contributed by atoms with van der Waals surface area (Å²) >= 11 is 6.25. The molecule has 1 saturated carbocycles. The molecule has 182 valence electrons. The van der Waals surface area contributed by atoms with E-state index in [1.54, 1.807) is 42.0 Å². The van der Waals surface area contributed by atoms with Crippen molar-refractivity contribution in [3.8, 4) is 6.07 Å². The number of nitriles is 1. The van der Waals surface area contributed by atoms with Gasteiger partial charge in [0.2, 0.25) is 15.9 Å². The lowest BCUT2D eigenvalue weighted by atomic mass is 9.75. The number of carbonyl (C=O) groups is 1. The van der Waals surface area contributed by atoms with Crippen LogP contribution in [0.3, 0.4) is 0 Å². The Bertz CT molecular complexity index is 1170. The number of likely N-dealkylation sites (tertiary alicyclic amines) is 1. The normalized spacial score (nSPS) is 21.5. The van der Waals surface area contributed by atoms with Crippen molar-refractivity contribution in [1.29, 1.82) is 5.26 Å². The minimum absolute atomic E-state index is 0.000802. The lowest BCUT2D eigenvalue weighted by Gasteiger charge is -2.42. The van der Waals surface area contributed by atoms with Gasteiger partial charge in [-0.3, -0.25) is 4.79 Å². The first-order valence-corrected chi connectivity index (χ1v) is 13.8. The second kappa shape index (κ2) is 10.5. The van der Waals surface area contributed by atoms with E-state index in [0.717, 1.165) is 12.8 Å². The first-order chi connectivity index (χ1) is 16.3. The van der Waals surface area contributed by atoms with E-state index in [9.17, 15) is 18.5 Å². The molecule has 1 aliphatic carbocycles. The van der Waals surface area contributed by atoms with Crippen LogP contribution in [-0.2, 0) is 21.4 Å². The van der Waals surface area contributed by atoms with E-state index in [1.807, 2.05) is 4.90 Å². The highest BCUT2D eigenvalue weighted by Crippen LogP contribution is 2.36. The van der Waals surface area contributed by atoms with Crippen LogP contribution in [0.2, 0.25) is 5.02 Å². The number of fused-ring (bicyclic) bond motifs is 1. The summed E-state index contributed by atoms with van der Waals surface area (Å²) in [7, 11) is -4.04. The third-order valence-corrected chi connectivity index (χ3v) is 9.33. The van der Waals surface area contributed by atoms with Gasteiger partial charge in [0.05, 0.1) is 5.02 Å². The average Bonchev–Trinajstić information content (AvgIpc) is 3.28. The van der Waals surface area contributed by atoms with Crippen LogP contribution >= 0.6 is 11.6 Å². The average molecular weight is 503 g/mol. The van der Waals surface area contributed by atoms with Gasteiger partial charge in [-0.05, 0) is 61.8 Å². The zero-order valence-corrected chi connectivity index (χ0v) is 21.0. The summed E-state index contributed by atoms with van der Waals surface area (Å²) in [6.07, 6.45) is 7.76. The predicted octanol–water partition coefficient (Wildman–Crippen LogP) is 4.10. The van der Waals surface area contributed by atoms with E-state index < -0.39 is 16.1 Å². The molecule has 34 heavy (non-hydrogen) atoms. The van der Waals surface area contributed by atoms with Gasteiger partial charge in [-0.25, -0.2) is 8.42 Å². The molecule has 2 fully saturated rings. The van der Waals surface area contributed by atoms with Crippen LogP contribution in [0.4, 0.5) is 0 Å². The molecule has 9 heteroatoms. The molecule has 1 saturated heterocycles. The minimum Gasteiger partial charge on any atom is -0.341 e. The van der Waals surface area contributed by atoms with Crippen LogP contribution in [0.15, 0.2) is 41.4 Å². The fourth-order valence-electron chi connectivity index (χ4n) is 5.44. The number of hydrogen-bond acceptors (Lipinski definition) is 4. The van der Waals surface area contributed by atoms with Crippen molar-refractivity contribution in [2.24, 2.45) is 11.8 Å². The van der Waals surface area contributed by atoms with Gasteiger partial charge in [0.15, 0.2) is 0 Å². The number of hydrogen-bond donors (Lipinski definition) is 1. The number of aryl methyl sites for hydroxylation is 2. The fourth-order valence-corrected chi connectivity index (χ4v) is 7.49. The van der Waals surface area contributed by atoms with Crippen molar-refractivity contribution in [3.63, 3.8) is 0 Å². The number of aromatic nitrogens is 1. The highest BCUT2D eigenvalue weighted by Gasteiger charge is 2.37. The number of amides is 1. The number of nitrogens with one attached hydrogen (secondary N) is 1. The third-order valence-electron chi connectivity index (χ3n) is 7.23.